The molecule has 0 saturated carbocycles. The van der Waals surface area contributed by atoms with Crippen LogP contribution >= 0.6 is 0 Å². The molecular weight excluding hydrogens is 308 g/mol. The molecule has 0 spiro atoms. The standard InChI is InChI=1S/C19H20O5/c1-3-22-18(20)14(2)24-19(21)16-9-11-17(12-10-16)23-13-15-7-5-4-6-8-15/h4-12,14H,3,13H2,1-2H3/t14-/m0/s1. The number of benzene rings is 2. The molecule has 1 atom stereocenters. The Morgan fingerprint density at radius 2 is 1.67 bits per heavy atom. The third-order valence-corrected chi connectivity index (χ3v) is 3.24. The monoisotopic (exact) mass is 328 g/mol. The van der Waals surface area contributed by atoms with Gasteiger partial charge in [-0.1, -0.05) is 30.3 Å². The summed E-state index contributed by atoms with van der Waals surface area (Å²) in [4.78, 5) is 23.4. The molecule has 0 saturated heterocycles. The highest BCUT2D eigenvalue weighted by Gasteiger charge is 2.19. The summed E-state index contributed by atoms with van der Waals surface area (Å²) in [7, 11) is 0. The van der Waals surface area contributed by atoms with Crippen molar-refractivity contribution in [3.05, 3.63) is 65.7 Å². The average molecular weight is 328 g/mol. The van der Waals surface area contributed by atoms with Crippen LogP contribution in [0.3, 0.4) is 0 Å². The molecule has 2 aromatic carbocycles. The van der Waals surface area contributed by atoms with E-state index in [0.29, 0.717) is 17.9 Å². The van der Waals surface area contributed by atoms with Gasteiger partial charge in [-0.3, -0.25) is 0 Å². The molecule has 0 aliphatic rings. The fourth-order valence-corrected chi connectivity index (χ4v) is 1.96. The smallest absolute Gasteiger partial charge is 0.347 e. The van der Waals surface area contributed by atoms with Gasteiger partial charge in [-0.2, -0.15) is 0 Å². The van der Waals surface area contributed by atoms with E-state index in [1.165, 1.54) is 6.92 Å². The summed E-state index contributed by atoms with van der Waals surface area (Å²) in [5, 5.41) is 0. The Morgan fingerprint density at radius 1 is 1.00 bits per heavy atom. The Morgan fingerprint density at radius 3 is 2.29 bits per heavy atom. The lowest BCUT2D eigenvalue weighted by atomic mass is 10.2. The molecule has 5 heteroatoms. The van der Waals surface area contributed by atoms with Crippen LogP contribution in [0.5, 0.6) is 5.75 Å². The van der Waals surface area contributed by atoms with Crippen LogP contribution in [0, 0.1) is 0 Å². The third-order valence-electron chi connectivity index (χ3n) is 3.24. The molecular formula is C19H20O5. The molecule has 24 heavy (non-hydrogen) atoms. The molecule has 0 aliphatic heterocycles. The number of rotatable bonds is 7. The normalized spacial score (nSPS) is 11.4. The first-order valence-corrected chi connectivity index (χ1v) is 7.74. The SMILES string of the molecule is CCOC(=O)[C@H](C)OC(=O)c1ccc(OCc2ccccc2)cc1. The number of carbonyl (C=O) groups is 2. The molecule has 2 aromatic rings. The fourth-order valence-electron chi connectivity index (χ4n) is 1.96. The minimum absolute atomic E-state index is 0.244. The van der Waals surface area contributed by atoms with E-state index in [2.05, 4.69) is 0 Å². The van der Waals surface area contributed by atoms with Crippen molar-refractivity contribution in [2.24, 2.45) is 0 Å². The van der Waals surface area contributed by atoms with Crippen molar-refractivity contribution in [2.45, 2.75) is 26.6 Å². The van der Waals surface area contributed by atoms with Gasteiger partial charge in [-0.15, -0.1) is 0 Å². The second kappa shape index (κ2) is 8.72. The van der Waals surface area contributed by atoms with Crippen LogP contribution in [0.25, 0.3) is 0 Å². The zero-order valence-corrected chi connectivity index (χ0v) is 13.7. The van der Waals surface area contributed by atoms with Crippen LogP contribution in [0.1, 0.15) is 29.8 Å². The van der Waals surface area contributed by atoms with Crippen molar-refractivity contribution < 1.29 is 23.8 Å². The summed E-state index contributed by atoms with van der Waals surface area (Å²) in [6.07, 6.45) is -0.938. The highest BCUT2D eigenvalue weighted by molar-refractivity contribution is 5.91. The number of carbonyl (C=O) groups excluding carboxylic acids is 2. The first kappa shape index (κ1) is 17.5. The molecule has 5 nitrogen and oxygen atoms in total. The highest BCUT2D eigenvalue weighted by atomic mass is 16.6. The quantitative estimate of drug-likeness (QED) is 0.729. The van der Waals surface area contributed by atoms with Crippen LogP contribution in [0.2, 0.25) is 0 Å². The number of esters is 2. The molecule has 2 rings (SSSR count). The van der Waals surface area contributed by atoms with E-state index in [0.717, 1.165) is 5.56 Å². The van der Waals surface area contributed by atoms with Gasteiger partial charge in [0.05, 0.1) is 12.2 Å². The Hall–Kier alpha value is -2.82. The predicted molar refractivity (Wildman–Crippen MR) is 88.7 cm³/mol. The summed E-state index contributed by atoms with van der Waals surface area (Å²) >= 11 is 0. The summed E-state index contributed by atoms with van der Waals surface area (Å²) in [6, 6.07) is 16.4. The summed E-state index contributed by atoms with van der Waals surface area (Å²) in [5.41, 5.74) is 1.41. The van der Waals surface area contributed by atoms with E-state index in [1.807, 2.05) is 30.3 Å². The van der Waals surface area contributed by atoms with Gasteiger partial charge in [0.2, 0.25) is 0 Å². The highest BCUT2D eigenvalue weighted by Crippen LogP contribution is 2.15. The third kappa shape index (κ3) is 5.12. The molecule has 0 heterocycles. The van der Waals surface area contributed by atoms with Crippen molar-refractivity contribution in [3.8, 4) is 5.75 Å². The minimum atomic E-state index is -0.938. The Balaban J connectivity index is 1.89. The zero-order chi connectivity index (χ0) is 17.4. The summed E-state index contributed by atoms with van der Waals surface area (Å²) in [6.45, 7) is 3.87. The van der Waals surface area contributed by atoms with Gasteiger partial charge < -0.3 is 14.2 Å². The maximum absolute atomic E-state index is 12.0. The van der Waals surface area contributed by atoms with E-state index < -0.39 is 18.0 Å². The zero-order valence-electron chi connectivity index (χ0n) is 13.7. The van der Waals surface area contributed by atoms with Crippen LogP contribution in [-0.4, -0.2) is 24.6 Å². The second-order valence-electron chi connectivity index (χ2n) is 5.10. The molecule has 0 N–H and O–H groups in total. The number of ether oxygens (including phenoxy) is 3. The van der Waals surface area contributed by atoms with Gasteiger partial charge in [0.15, 0.2) is 6.10 Å². The lowest BCUT2D eigenvalue weighted by molar-refractivity contribution is -0.152. The number of hydrogen-bond acceptors (Lipinski definition) is 5. The molecule has 0 bridgehead atoms. The maximum Gasteiger partial charge on any atom is 0.347 e. The Labute approximate surface area is 141 Å². The molecule has 0 unspecified atom stereocenters. The van der Waals surface area contributed by atoms with Crippen LogP contribution < -0.4 is 4.74 Å². The minimum Gasteiger partial charge on any atom is -0.489 e. The molecule has 0 aliphatic carbocycles. The van der Waals surface area contributed by atoms with Crippen molar-refractivity contribution in [3.63, 3.8) is 0 Å². The molecule has 0 radical (unpaired) electrons. The summed E-state index contributed by atoms with van der Waals surface area (Å²) in [5.74, 6) is -0.493. The number of hydrogen-bond donors (Lipinski definition) is 0. The predicted octanol–water partition coefficient (Wildman–Crippen LogP) is 3.37. The van der Waals surface area contributed by atoms with E-state index in [4.69, 9.17) is 14.2 Å². The van der Waals surface area contributed by atoms with Gasteiger partial charge in [0.1, 0.15) is 12.4 Å². The molecule has 0 amide bonds. The first-order chi connectivity index (χ1) is 11.6. The summed E-state index contributed by atoms with van der Waals surface area (Å²) < 4.78 is 15.5. The van der Waals surface area contributed by atoms with E-state index in [9.17, 15) is 9.59 Å². The van der Waals surface area contributed by atoms with Crippen LogP contribution in [-0.2, 0) is 20.9 Å². The molecule has 126 valence electrons. The fraction of sp³-hybridized carbons (Fsp3) is 0.263. The van der Waals surface area contributed by atoms with E-state index >= 15 is 0 Å². The van der Waals surface area contributed by atoms with E-state index in [-0.39, 0.29) is 6.61 Å². The van der Waals surface area contributed by atoms with Crippen molar-refractivity contribution in [1.29, 1.82) is 0 Å². The maximum atomic E-state index is 12.0. The lowest BCUT2D eigenvalue weighted by Gasteiger charge is -2.12. The van der Waals surface area contributed by atoms with Crippen LogP contribution in [0.4, 0.5) is 0 Å². The largest absolute Gasteiger partial charge is 0.489 e. The van der Waals surface area contributed by atoms with Gasteiger partial charge in [0, 0.05) is 0 Å². The second-order valence-corrected chi connectivity index (χ2v) is 5.10. The van der Waals surface area contributed by atoms with Crippen molar-refractivity contribution in [2.75, 3.05) is 6.61 Å². The van der Waals surface area contributed by atoms with Gasteiger partial charge in [0.25, 0.3) is 0 Å². The molecule has 0 aromatic heterocycles. The van der Waals surface area contributed by atoms with Crippen LogP contribution in [0.15, 0.2) is 54.6 Å². The van der Waals surface area contributed by atoms with Crippen molar-refractivity contribution >= 4 is 11.9 Å². The Kier molecular flexibility index (Phi) is 6.37. The molecule has 0 fully saturated rings. The Bertz CT molecular complexity index is 664. The topological polar surface area (TPSA) is 61.8 Å². The lowest BCUT2D eigenvalue weighted by Crippen LogP contribution is -2.26. The first-order valence-electron chi connectivity index (χ1n) is 7.74. The van der Waals surface area contributed by atoms with Crippen molar-refractivity contribution in [1.82, 2.24) is 0 Å². The van der Waals surface area contributed by atoms with E-state index in [1.54, 1.807) is 31.2 Å². The van der Waals surface area contributed by atoms with Gasteiger partial charge in [-0.25, -0.2) is 9.59 Å². The van der Waals surface area contributed by atoms with Gasteiger partial charge >= 0.3 is 11.9 Å². The van der Waals surface area contributed by atoms with Gasteiger partial charge in [-0.05, 0) is 43.7 Å². The average Bonchev–Trinajstić information content (AvgIpc) is 2.61.